The number of nitrogens with zero attached hydrogens (tertiary/aromatic N) is 1. The van der Waals surface area contributed by atoms with Crippen LogP contribution in [0.15, 0.2) is 16.6 Å². The maximum Gasteiger partial charge on any atom is 0.141 e. The van der Waals surface area contributed by atoms with Gasteiger partial charge in [0.25, 0.3) is 0 Å². The molecule has 0 fully saturated rings. The molecular weight excluding hydrogens is 320 g/mol. The van der Waals surface area contributed by atoms with Crippen LogP contribution in [0.2, 0.25) is 0 Å². The van der Waals surface area contributed by atoms with Crippen LogP contribution in [0, 0.1) is 0 Å². The predicted octanol–water partition coefficient (Wildman–Crippen LogP) is 3.07. The Balaban J connectivity index is 3.08. The number of nitrogens with one attached hydrogen (secondary N) is 1. The van der Waals surface area contributed by atoms with Crippen LogP contribution < -0.4 is 14.8 Å². The Morgan fingerprint density at radius 3 is 2.45 bits per heavy atom. The summed E-state index contributed by atoms with van der Waals surface area (Å²) in [4.78, 5) is 2.19. The summed E-state index contributed by atoms with van der Waals surface area (Å²) in [7, 11) is 7.53. The van der Waals surface area contributed by atoms with E-state index in [1.165, 1.54) is 0 Å². The number of ether oxygens (including phenoxy) is 2. The van der Waals surface area contributed by atoms with Crippen molar-refractivity contribution >= 4 is 15.9 Å². The Kier molecular flexibility index (Phi) is 7.34. The zero-order valence-electron chi connectivity index (χ0n) is 13.0. The fraction of sp³-hybridized carbons (Fsp3) is 0.600. The highest BCUT2D eigenvalue weighted by atomic mass is 79.9. The number of hydrogen-bond donors (Lipinski definition) is 1. The lowest BCUT2D eigenvalue weighted by Gasteiger charge is -2.23. The molecule has 0 radical (unpaired) electrons. The summed E-state index contributed by atoms with van der Waals surface area (Å²) in [5, 5.41) is 3.53. The van der Waals surface area contributed by atoms with Crippen LogP contribution >= 0.6 is 15.9 Å². The molecule has 0 aromatic heterocycles. The first kappa shape index (κ1) is 17.3. The number of rotatable bonds is 8. The molecule has 5 heteroatoms. The molecule has 20 heavy (non-hydrogen) atoms. The molecule has 0 spiro atoms. The lowest BCUT2D eigenvalue weighted by molar-refractivity contribution is 0.349. The first-order valence-corrected chi connectivity index (χ1v) is 7.62. The van der Waals surface area contributed by atoms with Gasteiger partial charge in [0.05, 0.1) is 14.2 Å². The van der Waals surface area contributed by atoms with Crippen molar-refractivity contribution in [2.24, 2.45) is 0 Å². The van der Waals surface area contributed by atoms with Gasteiger partial charge < -0.3 is 19.7 Å². The maximum atomic E-state index is 5.57. The molecule has 0 heterocycles. The van der Waals surface area contributed by atoms with Gasteiger partial charge in [0, 0.05) is 11.6 Å². The van der Waals surface area contributed by atoms with E-state index >= 15 is 0 Å². The molecule has 4 nitrogen and oxygen atoms in total. The minimum Gasteiger partial charge on any atom is -0.495 e. The first-order chi connectivity index (χ1) is 9.54. The topological polar surface area (TPSA) is 33.7 Å². The number of halogens is 1. The van der Waals surface area contributed by atoms with Gasteiger partial charge in [0.15, 0.2) is 0 Å². The first-order valence-electron chi connectivity index (χ1n) is 6.83. The second-order valence-corrected chi connectivity index (χ2v) is 5.70. The van der Waals surface area contributed by atoms with E-state index in [0.29, 0.717) is 0 Å². The molecule has 0 amide bonds. The van der Waals surface area contributed by atoms with Crippen LogP contribution in [0.25, 0.3) is 0 Å². The van der Waals surface area contributed by atoms with Crippen molar-refractivity contribution in [2.75, 3.05) is 41.4 Å². The molecule has 114 valence electrons. The molecule has 1 rings (SSSR count). The van der Waals surface area contributed by atoms with Gasteiger partial charge in [-0.3, -0.25) is 0 Å². The average Bonchev–Trinajstić information content (AvgIpc) is 2.43. The van der Waals surface area contributed by atoms with E-state index in [1.54, 1.807) is 14.2 Å². The number of methoxy groups -OCH3 is 2. The molecule has 0 aliphatic heterocycles. The van der Waals surface area contributed by atoms with Crippen LogP contribution in [0.3, 0.4) is 0 Å². The lowest BCUT2D eigenvalue weighted by Crippen LogP contribution is -2.26. The SMILES string of the molecule is CCNC(CCN(C)C)c1ccc(OC)c(Br)c1OC. The maximum absolute atomic E-state index is 5.57. The van der Waals surface area contributed by atoms with Crippen molar-refractivity contribution in [1.29, 1.82) is 0 Å². The van der Waals surface area contributed by atoms with Crippen LogP contribution in [-0.2, 0) is 0 Å². The fourth-order valence-corrected chi connectivity index (χ4v) is 2.88. The summed E-state index contributed by atoms with van der Waals surface area (Å²) in [5.74, 6) is 1.63. The van der Waals surface area contributed by atoms with Gasteiger partial charge in [-0.05, 0) is 61.7 Å². The summed E-state index contributed by atoms with van der Waals surface area (Å²) >= 11 is 3.56. The quantitative estimate of drug-likeness (QED) is 0.785. The third-order valence-corrected chi connectivity index (χ3v) is 3.96. The normalized spacial score (nSPS) is 12.6. The second-order valence-electron chi connectivity index (χ2n) is 4.91. The number of benzene rings is 1. The molecule has 1 unspecified atom stereocenters. The van der Waals surface area contributed by atoms with E-state index in [4.69, 9.17) is 9.47 Å². The van der Waals surface area contributed by atoms with Gasteiger partial charge in [-0.15, -0.1) is 0 Å². The Morgan fingerprint density at radius 2 is 1.95 bits per heavy atom. The van der Waals surface area contributed by atoms with Gasteiger partial charge in [-0.25, -0.2) is 0 Å². The standard InChI is InChI=1S/C15H25BrN2O2/c1-6-17-12(9-10-18(2)3)11-7-8-13(19-4)14(16)15(11)20-5/h7-8,12,17H,6,9-10H2,1-5H3. The molecule has 1 N–H and O–H groups in total. The second kappa shape index (κ2) is 8.49. The highest BCUT2D eigenvalue weighted by Crippen LogP contribution is 2.40. The van der Waals surface area contributed by atoms with E-state index < -0.39 is 0 Å². The smallest absolute Gasteiger partial charge is 0.141 e. The third-order valence-electron chi connectivity index (χ3n) is 3.21. The monoisotopic (exact) mass is 344 g/mol. The Hall–Kier alpha value is -0.780. The van der Waals surface area contributed by atoms with E-state index in [1.807, 2.05) is 6.07 Å². The molecule has 0 aliphatic carbocycles. The molecule has 0 aliphatic rings. The highest BCUT2D eigenvalue weighted by Gasteiger charge is 2.19. The zero-order chi connectivity index (χ0) is 15.1. The molecule has 0 saturated heterocycles. The zero-order valence-corrected chi connectivity index (χ0v) is 14.6. The van der Waals surface area contributed by atoms with Crippen molar-refractivity contribution < 1.29 is 9.47 Å². The van der Waals surface area contributed by atoms with Gasteiger partial charge in [0.2, 0.25) is 0 Å². The summed E-state index contributed by atoms with van der Waals surface area (Å²) in [6, 6.07) is 4.31. The van der Waals surface area contributed by atoms with Crippen LogP contribution in [0.5, 0.6) is 11.5 Å². The van der Waals surface area contributed by atoms with Gasteiger partial charge >= 0.3 is 0 Å². The minimum atomic E-state index is 0.263. The Labute approximate surface area is 130 Å². The molecule has 0 bridgehead atoms. The van der Waals surface area contributed by atoms with Gasteiger partial charge in [-0.2, -0.15) is 0 Å². The molecular formula is C15H25BrN2O2. The van der Waals surface area contributed by atoms with E-state index in [-0.39, 0.29) is 6.04 Å². The van der Waals surface area contributed by atoms with E-state index in [2.05, 4.69) is 53.2 Å². The predicted molar refractivity (Wildman–Crippen MR) is 86.8 cm³/mol. The van der Waals surface area contributed by atoms with Crippen molar-refractivity contribution in [3.05, 3.63) is 22.2 Å². The van der Waals surface area contributed by atoms with Gasteiger partial charge in [-0.1, -0.05) is 6.92 Å². The summed E-state index contributed by atoms with van der Waals surface area (Å²) in [5.41, 5.74) is 1.16. The third kappa shape index (κ3) is 4.36. The molecule has 1 atom stereocenters. The minimum absolute atomic E-state index is 0.263. The fourth-order valence-electron chi connectivity index (χ4n) is 2.19. The van der Waals surface area contributed by atoms with Crippen LogP contribution in [0.4, 0.5) is 0 Å². The molecule has 1 aromatic rings. The van der Waals surface area contributed by atoms with Crippen molar-refractivity contribution in [2.45, 2.75) is 19.4 Å². The van der Waals surface area contributed by atoms with Crippen LogP contribution in [0.1, 0.15) is 24.9 Å². The van der Waals surface area contributed by atoms with Crippen molar-refractivity contribution in [3.63, 3.8) is 0 Å². The van der Waals surface area contributed by atoms with Crippen molar-refractivity contribution in [3.8, 4) is 11.5 Å². The molecule has 0 saturated carbocycles. The average molecular weight is 345 g/mol. The Bertz CT molecular complexity index is 425. The van der Waals surface area contributed by atoms with Crippen molar-refractivity contribution in [1.82, 2.24) is 10.2 Å². The molecule has 1 aromatic carbocycles. The van der Waals surface area contributed by atoms with E-state index in [0.717, 1.165) is 41.0 Å². The summed E-state index contributed by atoms with van der Waals surface area (Å²) < 4.78 is 11.8. The Morgan fingerprint density at radius 1 is 1.25 bits per heavy atom. The summed E-state index contributed by atoms with van der Waals surface area (Å²) in [6.45, 7) is 4.06. The number of hydrogen-bond acceptors (Lipinski definition) is 4. The van der Waals surface area contributed by atoms with Gasteiger partial charge in [0.1, 0.15) is 16.0 Å². The largest absolute Gasteiger partial charge is 0.495 e. The van der Waals surface area contributed by atoms with E-state index in [9.17, 15) is 0 Å². The highest BCUT2D eigenvalue weighted by molar-refractivity contribution is 9.10. The van der Waals surface area contributed by atoms with Crippen LogP contribution in [-0.4, -0.2) is 46.3 Å². The summed E-state index contributed by atoms with van der Waals surface area (Å²) in [6.07, 6.45) is 1.02. The lowest BCUT2D eigenvalue weighted by atomic mass is 10.0.